The topological polar surface area (TPSA) is 81.4 Å². The van der Waals surface area contributed by atoms with Crippen LogP contribution in [0.15, 0.2) is 16.5 Å². The average Bonchev–Trinajstić information content (AvgIpc) is 3.02. The Hall–Kier alpha value is -2.15. The van der Waals surface area contributed by atoms with E-state index < -0.39 is 11.9 Å². The Balaban J connectivity index is 2.06. The van der Waals surface area contributed by atoms with Crippen LogP contribution in [0.3, 0.4) is 0 Å². The first-order chi connectivity index (χ1) is 10.4. The highest BCUT2D eigenvalue weighted by molar-refractivity contribution is 7.17. The summed E-state index contributed by atoms with van der Waals surface area (Å²) in [6.45, 7) is 7.74. The number of esters is 1. The van der Waals surface area contributed by atoms with Crippen LogP contribution in [0.4, 0.5) is 5.13 Å². The highest BCUT2D eigenvalue weighted by Crippen LogP contribution is 2.24. The van der Waals surface area contributed by atoms with Crippen LogP contribution in [0.25, 0.3) is 0 Å². The molecule has 0 radical (unpaired) electrons. The van der Waals surface area contributed by atoms with E-state index in [1.165, 1.54) is 0 Å². The number of nitrogens with zero attached hydrogens (tertiary/aromatic N) is 1. The van der Waals surface area contributed by atoms with Crippen molar-refractivity contribution in [1.29, 1.82) is 0 Å². The van der Waals surface area contributed by atoms with Gasteiger partial charge in [-0.2, -0.15) is 0 Å². The quantitative estimate of drug-likeness (QED) is 0.853. The summed E-state index contributed by atoms with van der Waals surface area (Å²) in [4.78, 5) is 28.5. The summed E-state index contributed by atoms with van der Waals surface area (Å²) in [6.07, 6.45) is 0. The predicted molar refractivity (Wildman–Crippen MR) is 83.4 cm³/mol. The van der Waals surface area contributed by atoms with Gasteiger partial charge in [-0.1, -0.05) is 25.2 Å². The Morgan fingerprint density at radius 1 is 1.36 bits per heavy atom. The van der Waals surface area contributed by atoms with Gasteiger partial charge in [0.25, 0.3) is 5.91 Å². The predicted octanol–water partition coefficient (Wildman–Crippen LogP) is 3.42. The third-order valence-electron chi connectivity index (χ3n) is 2.71. The van der Waals surface area contributed by atoms with E-state index in [1.807, 2.05) is 13.8 Å². The molecule has 0 unspecified atom stereocenters. The van der Waals surface area contributed by atoms with E-state index in [1.54, 1.807) is 26.0 Å². The van der Waals surface area contributed by atoms with Crippen molar-refractivity contribution in [1.82, 2.24) is 4.98 Å². The van der Waals surface area contributed by atoms with Crippen molar-refractivity contribution in [2.45, 2.75) is 27.7 Å². The van der Waals surface area contributed by atoms with Crippen molar-refractivity contribution < 1.29 is 18.7 Å². The van der Waals surface area contributed by atoms with Gasteiger partial charge in [0.05, 0.1) is 12.3 Å². The molecule has 7 heteroatoms. The van der Waals surface area contributed by atoms with Crippen molar-refractivity contribution >= 4 is 28.3 Å². The van der Waals surface area contributed by atoms with Gasteiger partial charge >= 0.3 is 5.97 Å². The van der Waals surface area contributed by atoms with Crippen LogP contribution in [0.1, 0.15) is 45.5 Å². The highest BCUT2D eigenvalue weighted by Gasteiger charge is 2.19. The second kappa shape index (κ2) is 6.74. The maximum absolute atomic E-state index is 12.0. The fourth-order valence-corrected chi connectivity index (χ4v) is 2.52. The fraction of sp³-hybridized carbons (Fsp3) is 0.400. The molecule has 22 heavy (non-hydrogen) atoms. The summed E-state index contributed by atoms with van der Waals surface area (Å²) in [7, 11) is 0. The number of anilines is 1. The fourth-order valence-electron chi connectivity index (χ4n) is 1.66. The van der Waals surface area contributed by atoms with Gasteiger partial charge in [0.1, 0.15) is 10.6 Å². The number of carbonyl (C=O) groups excluding carboxylic acids is 2. The first kappa shape index (κ1) is 16.2. The van der Waals surface area contributed by atoms with Crippen LogP contribution in [0, 0.1) is 19.8 Å². The lowest BCUT2D eigenvalue weighted by atomic mass is 10.2. The molecule has 2 aromatic rings. The van der Waals surface area contributed by atoms with E-state index in [0.717, 1.165) is 11.3 Å². The maximum Gasteiger partial charge on any atom is 0.350 e. The number of hydrogen-bond donors (Lipinski definition) is 1. The van der Waals surface area contributed by atoms with Crippen molar-refractivity contribution in [2.24, 2.45) is 5.92 Å². The monoisotopic (exact) mass is 322 g/mol. The smallest absolute Gasteiger partial charge is 0.350 e. The van der Waals surface area contributed by atoms with E-state index in [9.17, 15) is 9.59 Å². The Morgan fingerprint density at radius 3 is 2.68 bits per heavy atom. The summed E-state index contributed by atoms with van der Waals surface area (Å²) in [5.74, 6) is 0.299. The molecule has 118 valence electrons. The SMILES string of the molecule is Cc1ccc(C(=O)Nc2nc(C)c(C(=O)OCC(C)C)s2)o1. The minimum absolute atomic E-state index is 0.203. The first-order valence-corrected chi connectivity index (χ1v) is 7.70. The number of ether oxygens (including phenoxy) is 1. The van der Waals surface area contributed by atoms with Gasteiger partial charge in [-0.25, -0.2) is 9.78 Å². The number of rotatable bonds is 5. The molecule has 2 aromatic heterocycles. The first-order valence-electron chi connectivity index (χ1n) is 6.89. The molecule has 6 nitrogen and oxygen atoms in total. The summed E-state index contributed by atoms with van der Waals surface area (Å²) < 4.78 is 10.4. The lowest BCUT2D eigenvalue weighted by Crippen LogP contribution is -2.10. The summed E-state index contributed by atoms with van der Waals surface area (Å²) >= 11 is 1.09. The zero-order valence-corrected chi connectivity index (χ0v) is 13.7. The Bertz CT molecular complexity index is 688. The van der Waals surface area contributed by atoms with E-state index in [2.05, 4.69) is 10.3 Å². The maximum atomic E-state index is 12.0. The van der Waals surface area contributed by atoms with Crippen LogP contribution in [0.2, 0.25) is 0 Å². The number of carbonyl (C=O) groups is 2. The third-order valence-corrected chi connectivity index (χ3v) is 3.77. The normalized spacial score (nSPS) is 10.8. The van der Waals surface area contributed by atoms with Gasteiger partial charge in [0, 0.05) is 0 Å². The standard InChI is InChI=1S/C15H18N2O4S/c1-8(2)7-20-14(19)12-10(4)16-15(22-12)17-13(18)11-6-5-9(3)21-11/h5-6,8H,7H2,1-4H3,(H,16,17,18). The zero-order chi connectivity index (χ0) is 16.3. The molecule has 0 aliphatic rings. The molecule has 1 N–H and O–H groups in total. The van der Waals surface area contributed by atoms with E-state index in [-0.39, 0.29) is 11.7 Å². The summed E-state index contributed by atoms with van der Waals surface area (Å²) in [5, 5.41) is 2.96. The van der Waals surface area contributed by atoms with Gasteiger partial charge in [-0.05, 0) is 31.9 Å². The minimum atomic E-state index is -0.418. The Morgan fingerprint density at radius 2 is 2.09 bits per heavy atom. The van der Waals surface area contributed by atoms with Gasteiger partial charge in [-0.3, -0.25) is 10.1 Å². The molecule has 2 heterocycles. The van der Waals surface area contributed by atoms with Crippen LogP contribution >= 0.6 is 11.3 Å². The minimum Gasteiger partial charge on any atom is -0.461 e. The lowest BCUT2D eigenvalue weighted by Gasteiger charge is -2.05. The zero-order valence-electron chi connectivity index (χ0n) is 12.9. The van der Waals surface area contributed by atoms with Crippen molar-refractivity contribution in [3.8, 4) is 0 Å². The molecule has 0 saturated heterocycles. The molecule has 0 fully saturated rings. The largest absolute Gasteiger partial charge is 0.461 e. The third kappa shape index (κ3) is 3.94. The number of nitrogens with one attached hydrogen (secondary N) is 1. The number of furan rings is 1. The number of thiazole rings is 1. The lowest BCUT2D eigenvalue weighted by molar-refractivity contribution is 0.0463. The summed E-state index contributed by atoms with van der Waals surface area (Å²) in [6, 6.07) is 3.29. The van der Waals surface area contributed by atoms with Crippen LogP contribution in [-0.4, -0.2) is 23.5 Å². The highest BCUT2D eigenvalue weighted by atomic mass is 32.1. The molecule has 0 aromatic carbocycles. The van der Waals surface area contributed by atoms with E-state index in [4.69, 9.17) is 9.15 Å². The summed E-state index contributed by atoms with van der Waals surface area (Å²) in [5.41, 5.74) is 0.532. The molecule has 0 bridgehead atoms. The second-order valence-electron chi connectivity index (χ2n) is 5.29. The molecular formula is C15H18N2O4S. The molecule has 0 atom stereocenters. The second-order valence-corrected chi connectivity index (χ2v) is 6.29. The van der Waals surface area contributed by atoms with Crippen molar-refractivity contribution in [3.05, 3.63) is 34.2 Å². The molecule has 0 aliphatic carbocycles. The van der Waals surface area contributed by atoms with E-state index >= 15 is 0 Å². The molecule has 2 rings (SSSR count). The molecule has 0 aliphatic heterocycles. The number of hydrogen-bond acceptors (Lipinski definition) is 6. The van der Waals surface area contributed by atoms with Crippen molar-refractivity contribution in [3.63, 3.8) is 0 Å². The van der Waals surface area contributed by atoms with E-state index in [0.29, 0.717) is 28.1 Å². The molecule has 0 saturated carbocycles. The number of aryl methyl sites for hydroxylation is 2. The van der Waals surface area contributed by atoms with Gasteiger partial charge < -0.3 is 9.15 Å². The number of aromatic nitrogens is 1. The number of amides is 1. The van der Waals surface area contributed by atoms with Crippen LogP contribution in [0.5, 0.6) is 0 Å². The van der Waals surface area contributed by atoms with Crippen molar-refractivity contribution in [2.75, 3.05) is 11.9 Å². The van der Waals surface area contributed by atoms with Gasteiger partial charge in [0.15, 0.2) is 10.9 Å². The molecule has 0 spiro atoms. The van der Waals surface area contributed by atoms with Gasteiger partial charge in [-0.15, -0.1) is 0 Å². The Labute approximate surface area is 132 Å². The Kier molecular flexibility index (Phi) is 4.97. The molecule has 1 amide bonds. The molecular weight excluding hydrogens is 304 g/mol. The van der Waals surface area contributed by atoms with Crippen LogP contribution in [-0.2, 0) is 4.74 Å². The average molecular weight is 322 g/mol. The van der Waals surface area contributed by atoms with Gasteiger partial charge in [0.2, 0.25) is 0 Å². The van der Waals surface area contributed by atoms with Crippen LogP contribution < -0.4 is 5.32 Å².